The molecule has 0 aliphatic carbocycles. The fraction of sp³-hybridized carbons (Fsp3) is 0.158. The second-order valence-corrected chi connectivity index (χ2v) is 5.88. The molecule has 30 heavy (non-hydrogen) atoms. The van der Waals surface area contributed by atoms with E-state index in [1.165, 1.54) is 19.1 Å². The number of carbonyl (C=O) groups is 2. The Balaban J connectivity index is 2.03. The average molecular weight is 424 g/mol. The number of phenols is 1. The molecule has 3 rings (SSSR count). The van der Waals surface area contributed by atoms with Crippen LogP contribution in [0.15, 0.2) is 34.0 Å². The minimum atomic E-state index is -2.20. The van der Waals surface area contributed by atoms with Crippen LogP contribution in [0, 0.1) is 29.2 Å². The fourth-order valence-electron chi connectivity index (χ4n) is 2.53. The Labute approximate surface area is 165 Å². The Morgan fingerprint density at radius 1 is 1.20 bits per heavy atom. The first-order valence-electron chi connectivity index (χ1n) is 8.38. The van der Waals surface area contributed by atoms with E-state index in [0.29, 0.717) is 11.7 Å². The molecule has 0 saturated carbocycles. The van der Waals surface area contributed by atoms with Crippen molar-refractivity contribution in [2.75, 3.05) is 6.61 Å². The number of fused-ring (bicyclic) bond motifs is 1. The molecule has 7 nitrogen and oxygen atoms in total. The van der Waals surface area contributed by atoms with Crippen LogP contribution in [0.2, 0.25) is 0 Å². The van der Waals surface area contributed by atoms with E-state index in [9.17, 15) is 32.3 Å². The van der Waals surface area contributed by atoms with Crippen LogP contribution in [-0.2, 0) is 9.53 Å². The summed E-state index contributed by atoms with van der Waals surface area (Å²) in [6, 6.07) is 2.59. The first kappa shape index (κ1) is 21.0. The van der Waals surface area contributed by atoms with Gasteiger partial charge < -0.3 is 14.3 Å². The molecule has 3 aromatic rings. The molecule has 1 aromatic heterocycles. The van der Waals surface area contributed by atoms with E-state index in [1.54, 1.807) is 0 Å². The molecule has 1 heterocycles. The molecule has 1 unspecified atom stereocenters. The normalized spacial score (nSPS) is 12.4. The Kier molecular flexibility index (Phi) is 5.81. The third kappa shape index (κ3) is 3.86. The number of ketones is 1. The number of aromatic hydroxyl groups is 1. The monoisotopic (exact) mass is 424 g/mol. The number of hydrogen-bond donors (Lipinski definition) is 1. The van der Waals surface area contributed by atoms with Crippen LogP contribution in [0.3, 0.4) is 0 Å². The van der Waals surface area contributed by atoms with Crippen molar-refractivity contribution in [3.63, 3.8) is 0 Å². The lowest BCUT2D eigenvalue weighted by atomic mass is 9.97. The summed E-state index contributed by atoms with van der Waals surface area (Å²) in [6.45, 7) is 1.26. The van der Waals surface area contributed by atoms with E-state index in [4.69, 9.17) is 9.15 Å². The van der Waals surface area contributed by atoms with E-state index in [2.05, 4.69) is 9.98 Å². The van der Waals surface area contributed by atoms with Gasteiger partial charge in [-0.15, -0.1) is 0 Å². The number of Topliss-reactive ketones (excluding diaryl/α,β-unsaturated/α-hetero) is 1. The molecule has 0 saturated heterocycles. The van der Waals surface area contributed by atoms with Gasteiger partial charge in [0.2, 0.25) is 0 Å². The average Bonchev–Trinajstić information content (AvgIpc) is 3.16. The number of oxazole rings is 1. The minimum Gasteiger partial charge on any atom is -0.506 e. The maximum Gasteiger partial charge on any atom is 0.322 e. The standard InChI is InChI=1S/C19H12F4N2O5/c1-2-29-19(28)9(18(27)8-3-10(20)16(22)17(23)15(8)21)6-24-11-5-14-12(4-13(11)26)25-7-30-14/h3-7,9,26H,2H2,1H3. The van der Waals surface area contributed by atoms with Crippen LogP contribution in [0.5, 0.6) is 5.75 Å². The summed E-state index contributed by atoms with van der Waals surface area (Å²) in [6.07, 6.45) is 1.82. The first-order chi connectivity index (χ1) is 14.2. The van der Waals surface area contributed by atoms with Crippen molar-refractivity contribution < 1.29 is 41.4 Å². The maximum atomic E-state index is 14.0. The van der Waals surface area contributed by atoms with E-state index in [0.717, 1.165) is 6.39 Å². The number of rotatable bonds is 6. The number of benzene rings is 2. The number of esters is 1. The molecule has 0 bridgehead atoms. The highest BCUT2D eigenvalue weighted by atomic mass is 19.2. The zero-order valence-corrected chi connectivity index (χ0v) is 15.2. The summed E-state index contributed by atoms with van der Waals surface area (Å²) in [5, 5.41) is 9.99. The zero-order chi connectivity index (χ0) is 22.0. The first-order valence-corrected chi connectivity index (χ1v) is 8.38. The lowest BCUT2D eigenvalue weighted by Crippen LogP contribution is -2.29. The molecule has 2 aromatic carbocycles. The molecule has 0 amide bonds. The molecule has 156 valence electrons. The maximum absolute atomic E-state index is 14.0. The summed E-state index contributed by atoms with van der Waals surface area (Å²) in [5.41, 5.74) is -0.805. The third-order valence-corrected chi connectivity index (χ3v) is 3.98. The molecule has 1 atom stereocenters. The second kappa shape index (κ2) is 8.31. The Hall–Kier alpha value is -3.76. The van der Waals surface area contributed by atoms with Gasteiger partial charge in [-0.25, -0.2) is 22.5 Å². The van der Waals surface area contributed by atoms with Crippen LogP contribution in [0.25, 0.3) is 11.1 Å². The van der Waals surface area contributed by atoms with E-state index >= 15 is 0 Å². The second-order valence-electron chi connectivity index (χ2n) is 5.88. The quantitative estimate of drug-likeness (QED) is 0.123. The van der Waals surface area contributed by atoms with Crippen LogP contribution in [0.1, 0.15) is 17.3 Å². The predicted octanol–water partition coefficient (Wildman–Crippen LogP) is 3.85. The van der Waals surface area contributed by atoms with Gasteiger partial charge in [-0.2, -0.15) is 0 Å². The fourth-order valence-corrected chi connectivity index (χ4v) is 2.53. The number of halogens is 4. The highest BCUT2D eigenvalue weighted by molar-refractivity contribution is 6.18. The summed E-state index contributed by atoms with van der Waals surface area (Å²) < 4.78 is 63.9. The van der Waals surface area contributed by atoms with Gasteiger partial charge in [0.15, 0.2) is 46.9 Å². The number of hydrogen-bond acceptors (Lipinski definition) is 7. The van der Waals surface area contributed by atoms with Gasteiger partial charge in [0.25, 0.3) is 0 Å². The lowest BCUT2D eigenvalue weighted by Gasteiger charge is -2.12. The van der Waals surface area contributed by atoms with Crippen molar-refractivity contribution in [1.82, 2.24) is 4.98 Å². The smallest absolute Gasteiger partial charge is 0.322 e. The van der Waals surface area contributed by atoms with Crippen LogP contribution >= 0.6 is 0 Å². The number of aliphatic imine (C=N–C) groups is 1. The summed E-state index contributed by atoms with van der Waals surface area (Å²) in [4.78, 5) is 32.4. The number of phenolic OH excluding ortho intramolecular Hbond substituents is 1. The Morgan fingerprint density at radius 3 is 2.63 bits per heavy atom. The summed E-state index contributed by atoms with van der Waals surface area (Å²) >= 11 is 0. The molecule has 11 heteroatoms. The van der Waals surface area contributed by atoms with E-state index in [-0.39, 0.29) is 29.7 Å². The largest absolute Gasteiger partial charge is 0.506 e. The topological polar surface area (TPSA) is 102 Å². The van der Waals surface area contributed by atoms with Crippen molar-refractivity contribution in [1.29, 1.82) is 0 Å². The van der Waals surface area contributed by atoms with Crippen LogP contribution < -0.4 is 0 Å². The summed E-state index contributed by atoms with van der Waals surface area (Å²) in [7, 11) is 0. The molecule has 0 aliphatic heterocycles. The predicted molar refractivity (Wildman–Crippen MR) is 94.6 cm³/mol. The highest BCUT2D eigenvalue weighted by Crippen LogP contribution is 2.31. The molecule has 1 N–H and O–H groups in total. The molecule has 0 radical (unpaired) electrons. The number of aromatic nitrogens is 1. The van der Waals surface area contributed by atoms with E-state index < -0.39 is 46.5 Å². The third-order valence-electron chi connectivity index (χ3n) is 3.98. The number of ether oxygens (including phenoxy) is 1. The van der Waals surface area contributed by atoms with Crippen molar-refractivity contribution >= 4 is 34.8 Å². The number of nitrogens with zero attached hydrogens (tertiary/aromatic N) is 2. The molecular formula is C19H12F4N2O5. The van der Waals surface area contributed by atoms with Gasteiger partial charge in [-0.05, 0) is 13.0 Å². The van der Waals surface area contributed by atoms with Crippen molar-refractivity contribution in [3.05, 3.63) is 53.4 Å². The summed E-state index contributed by atoms with van der Waals surface area (Å²) in [5.74, 6) is -13.0. The lowest BCUT2D eigenvalue weighted by molar-refractivity contribution is -0.143. The Bertz CT molecular complexity index is 1180. The van der Waals surface area contributed by atoms with Gasteiger partial charge >= 0.3 is 5.97 Å². The van der Waals surface area contributed by atoms with E-state index in [1.807, 2.05) is 0 Å². The molecule has 0 spiro atoms. The molecule has 0 aliphatic rings. The van der Waals surface area contributed by atoms with Gasteiger partial charge in [0.05, 0.1) is 12.2 Å². The van der Waals surface area contributed by atoms with Gasteiger partial charge in [-0.1, -0.05) is 0 Å². The van der Waals surface area contributed by atoms with Gasteiger partial charge in [0.1, 0.15) is 17.0 Å². The van der Waals surface area contributed by atoms with Gasteiger partial charge in [-0.3, -0.25) is 14.6 Å². The molecular weight excluding hydrogens is 412 g/mol. The van der Waals surface area contributed by atoms with Crippen molar-refractivity contribution in [2.24, 2.45) is 10.9 Å². The van der Waals surface area contributed by atoms with Crippen molar-refractivity contribution in [3.8, 4) is 5.75 Å². The Morgan fingerprint density at radius 2 is 1.93 bits per heavy atom. The molecule has 0 fully saturated rings. The van der Waals surface area contributed by atoms with Crippen LogP contribution in [0.4, 0.5) is 23.2 Å². The minimum absolute atomic E-state index is 0.133. The zero-order valence-electron chi connectivity index (χ0n) is 15.2. The van der Waals surface area contributed by atoms with Crippen LogP contribution in [-0.4, -0.2) is 34.7 Å². The number of carbonyl (C=O) groups excluding carboxylic acids is 2. The van der Waals surface area contributed by atoms with Crippen molar-refractivity contribution in [2.45, 2.75) is 6.92 Å². The van der Waals surface area contributed by atoms with Gasteiger partial charge in [0, 0.05) is 18.3 Å². The highest BCUT2D eigenvalue weighted by Gasteiger charge is 2.32. The SMILES string of the molecule is CCOC(=O)C(C=Nc1cc2ocnc2cc1O)C(=O)c1cc(F)c(F)c(F)c1F.